The monoisotopic (exact) mass is 437 g/mol. The van der Waals surface area contributed by atoms with E-state index in [9.17, 15) is 9.59 Å². The normalized spacial score (nSPS) is 17.0. The summed E-state index contributed by atoms with van der Waals surface area (Å²) in [4.78, 5) is 30.0. The lowest BCUT2D eigenvalue weighted by molar-refractivity contribution is -0.129. The summed E-state index contributed by atoms with van der Waals surface area (Å²) in [5.41, 5.74) is 1.83. The van der Waals surface area contributed by atoms with Crippen molar-refractivity contribution >= 4 is 39.4 Å². The van der Waals surface area contributed by atoms with Crippen LogP contribution in [0.25, 0.3) is 0 Å². The molecule has 3 N–H and O–H groups in total. The van der Waals surface area contributed by atoms with Gasteiger partial charge in [0.25, 0.3) is 0 Å². The SMILES string of the molecule is CCC(=O)N1CCC(NC(=NC)NCCC(=O)Nc2cc(Br)ccc2C)C1. The Kier molecular flexibility index (Phi) is 8.09. The third-order valence-electron chi connectivity index (χ3n) is 4.53. The highest BCUT2D eigenvalue weighted by molar-refractivity contribution is 9.10. The number of carbonyl (C=O) groups excluding carboxylic acids is 2. The van der Waals surface area contributed by atoms with Crippen LogP contribution < -0.4 is 16.0 Å². The average Bonchev–Trinajstić information content (AvgIpc) is 3.11. The predicted molar refractivity (Wildman–Crippen MR) is 112 cm³/mol. The molecule has 0 radical (unpaired) electrons. The van der Waals surface area contributed by atoms with Crippen molar-refractivity contribution in [1.29, 1.82) is 0 Å². The van der Waals surface area contributed by atoms with Crippen LogP contribution in [0, 0.1) is 6.92 Å². The minimum atomic E-state index is -0.0558. The summed E-state index contributed by atoms with van der Waals surface area (Å²) in [6.45, 7) is 5.78. The zero-order chi connectivity index (χ0) is 19.8. The fourth-order valence-corrected chi connectivity index (χ4v) is 3.31. The molecule has 1 fully saturated rings. The molecule has 0 aromatic heterocycles. The molecule has 1 aliphatic heterocycles. The number of guanidine groups is 1. The molecule has 8 heteroatoms. The van der Waals surface area contributed by atoms with Crippen LogP contribution in [-0.2, 0) is 9.59 Å². The number of rotatable bonds is 6. The van der Waals surface area contributed by atoms with Gasteiger partial charge in [0.2, 0.25) is 11.8 Å². The summed E-state index contributed by atoms with van der Waals surface area (Å²) in [6, 6.07) is 5.98. The van der Waals surface area contributed by atoms with Crippen LogP contribution in [0.1, 0.15) is 31.7 Å². The van der Waals surface area contributed by atoms with E-state index >= 15 is 0 Å². The molecule has 2 amide bonds. The molecule has 1 unspecified atom stereocenters. The molecule has 148 valence electrons. The highest BCUT2D eigenvalue weighted by Gasteiger charge is 2.25. The van der Waals surface area contributed by atoms with Gasteiger partial charge < -0.3 is 20.9 Å². The highest BCUT2D eigenvalue weighted by atomic mass is 79.9. The van der Waals surface area contributed by atoms with Gasteiger partial charge in [-0.3, -0.25) is 14.6 Å². The zero-order valence-corrected chi connectivity index (χ0v) is 17.7. The molecule has 0 spiro atoms. The first kappa shape index (κ1) is 21.2. The highest BCUT2D eigenvalue weighted by Crippen LogP contribution is 2.20. The van der Waals surface area contributed by atoms with E-state index in [1.165, 1.54) is 0 Å². The molecule has 2 rings (SSSR count). The number of anilines is 1. The summed E-state index contributed by atoms with van der Waals surface area (Å²) in [5.74, 6) is 0.777. The van der Waals surface area contributed by atoms with Gasteiger partial charge in [-0.2, -0.15) is 0 Å². The van der Waals surface area contributed by atoms with Gasteiger partial charge in [-0.15, -0.1) is 0 Å². The second-order valence-corrected chi connectivity index (χ2v) is 7.50. The van der Waals surface area contributed by atoms with Crippen molar-refractivity contribution in [2.24, 2.45) is 4.99 Å². The number of nitrogens with zero attached hydrogens (tertiary/aromatic N) is 2. The molecule has 1 atom stereocenters. The lowest BCUT2D eigenvalue weighted by atomic mass is 10.2. The van der Waals surface area contributed by atoms with Gasteiger partial charge in [0, 0.05) is 55.7 Å². The molecule has 0 saturated carbocycles. The Morgan fingerprint density at radius 1 is 1.37 bits per heavy atom. The molecule has 1 heterocycles. The topological polar surface area (TPSA) is 85.8 Å². The van der Waals surface area contributed by atoms with E-state index in [1.807, 2.05) is 36.9 Å². The maximum atomic E-state index is 12.2. The minimum absolute atomic E-state index is 0.0558. The van der Waals surface area contributed by atoms with Crippen molar-refractivity contribution in [3.05, 3.63) is 28.2 Å². The minimum Gasteiger partial charge on any atom is -0.356 e. The fourth-order valence-electron chi connectivity index (χ4n) is 2.95. The number of likely N-dealkylation sites (tertiary alicyclic amines) is 1. The van der Waals surface area contributed by atoms with Crippen LogP contribution in [0.4, 0.5) is 5.69 Å². The van der Waals surface area contributed by atoms with Crippen molar-refractivity contribution in [3.8, 4) is 0 Å². The average molecular weight is 438 g/mol. The van der Waals surface area contributed by atoms with E-state index in [1.54, 1.807) is 7.05 Å². The molecule has 7 nitrogen and oxygen atoms in total. The van der Waals surface area contributed by atoms with Gasteiger partial charge in [-0.05, 0) is 31.0 Å². The van der Waals surface area contributed by atoms with Gasteiger partial charge in [0.15, 0.2) is 5.96 Å². The Balaban J connectivity index is 1.74. The maximum Gasteiger partial charge on any atom is 0.226 e. The Bertz CT molecular complexity index is 707. The van der Waals surface area contributed by atoms with Crippen molar-refractivity contribution in [2.45, 2.75) is 39.2 Å². The van der Waals surface area contributed by atoms with Crippen LogP contribution >= 0.6 is 15.9 Å². The number of nitrogens with one attached hydrogen (secondary N) is 3. The molecular formula is C19H28BrN5O2. The van der Waals surface area contributed by atoms with Crippen LogP contribution in [-0.4, -0.2) is 55.4 Å². The van der Waals surface area contributed by atoms with E-state index in [0.29, 0.717) is 31.9 Å². The number of halogens is 1. The van der Waals surface area contributed by atoms with E-state index in [2.05, 4.69) is 36.9 Å². The maximum absolute atomic E-state index is 12.2. The molecule has 1 saturated heterocycles. The van der Waals surface area contributed by atoms with Crippen LogP contribution in [0.3, 0.4) is 0 Å². The van der Waals surface area contributed by atoms with Crippen molar-refractivity contribution in [1.82, 2.24) is 15.5 Å². The van der Waals surface area contributed by atoms with E-state index in [0.717, 1.165) is 28.7 Å². The molecule has 1 aromatic rings. The van der Waals surface area contributed by atoms with Gasteiger partial charge in [0.05, 0.1) is 0 Å². The molecule has 0 aliphatic carbocycles. The second kappa shape index (κ2) is 10.3. The van der Waals surface area contributed by atoms with Gasteiger partial charge >= 0.3 is 0 Å². The summed E-state index contributed by atoms with van der Waals surface area (Å²) in [6.07, 6.45) is 1.76. The Labute approximate surface area is 169 Å². The fraction of sp³-hybridized carbons (Fsp3) is 0.526. The first-order chi connectivity index (χ1) is 12.9. The standard InChI is InChI=1S/C19H28BrN5O2/c1-4-18(27)25-10-8-15(12-25)23-19(21-3)22-9-7-17(26)24-16-11-14(20)6-5-13(16)2/h5-6,11,15H,4,7-10,12H2,1-3H3,(H,24,26)(H2,21,22,23). The van der Waals surface area contributed by atoms with Gasteiger partial charge in [0.1, 0.15) is 0 Å². The molecule has 0 bridgehead atoms. The van der Waals surface area contributed by atoms with Crippen LogP contribution in [0.5, 0.6) is 0 Å². The Morgan fingerprint density at radius 2 is 2.15 bits per heavy atom. The Hall–Kier alpha value is -2.09. The number of aryl methyl sites for hydroxylation is 1. The predicted octanol–water partition coefficient (Wildman–Crippen LogP) is 2.26. The number of carbonyl (C=O) groups is 2. The van der Waals surface area contributed by atoms with Crippen molar-refractivity contribution in [3.63, 3.8) is 0 Å². The number of benzene rings is 1. The molecule has 27 heavy (non-hydrogen) atoms. The quantitative estimate of drug-likeness (QED) is 0.470. The smallest absolute Gasteiger partial charge is 0.226 e. The number of aliphatic imine (C=N–C) groups is 1. The number of amides is 2. The van der Waals surface area contributed by atoms with Gasteiger partial charge in [-0.1, -0.05) is 28.9 Å². The lowest BCUT2D eigenvalue weighted by Gasteiger charge is -2.18. The summed E-state index contributed by atoms with van der Waals surface area (Å²) in [5, 5.41) is 9.41. The largest absolute Gasteiger partial charge is 0.356 e. The first-order valence-electron chi connectivity index (χ1n) is 9.24. The summed E-state index contributed by atoms with van der Waals surface area (Å²) in [7, 11) is 1.70. The third-order valence-corrected chi connectivity index (χ3v) is 5.02. The first-order valence-corrected chi connectivity index (χ1v) is 10.0. The molecular weight excluding hydrogens is 410 g/mol. The summed E-state index contributed by atoms with van der Waals surface area (Å²) < 4.78 is 0.929. The van der Waals surface area contributed by atoms with Crippen LogP contribution in [0.2, 0.25) is 0 Å². The van der Waals surface area contributed by atoms with E-state index in [-0.39, 0.29) is 17.9 Å². The Morgan fingerprint density at radius 3 is 2.85 bits per heavy atom. The second-order valence-electron chi connectivity index (χ2n) is 6.58. The third kappa shape index (κ3) is 6.53. The molecule has 1 aromatic carbocycles. The lowest BCUT2D eigenvalue weighted by Crippen LogP contribution is -2.45. The van der Waals surface area contributed by atoms with Crippen molar-refractivity contribution < 1.29 is 9.59 Å². The number of hydrogen-bond donors (Lipinski definition) is 3. The zero-order valence-electron chi connectivity index (χ0n) is 16.1. The molecule has 1 aliphatic rings. The summed E-state index contributed by atoms with van der Waals surface area (Å²) >= 11 is 3.41. The van der Waals surface area contributed by atoms with Crippen LogP contribution in [0.15, 0.2) is 27.7 Å². The number of hydrogen-bond acceptors (Lipinski definition) is 3. The van der Waals surface area contributed by atoms with E-state index in [4.69, 9.17) is 0 Å². The van der Waals surface area contributed by atoms with Crippen molar-refractivity contribution in [2.75, 3.05) is 32.0 Å². The van der Waals surface area contributed by atoms with E-state index < -0.39 is 0 Å². The van der Waals surface area contributed by atoms with Gasteiger partial charge in [-0.25, -0.2) is 0 Å².